The van der Waals surface area contributed by atoms with Crippen molar-refractivity contribution in [2.75, 3.05) is 0 Å². The van der Waals surface area contributed by atoms with Crippen molar-refractivity contribution in [1.29, 1.82) is 0 Å². The first-order chi connectivity index (χ1) is 11.2. The SMILES string of the molecule is CCc1nc(Oc2cccc(C)c2)c2oc3ccccc3c2n1. The highest BCUT2D eigenvalue weighted by Crippen LogP contribution is 2.34. The molecule has 0 amide bonds. The zero-order valence-electron chi connectivity index (χ0n) is 13.0. The second kappa shape index (κ2) is 5.39. The molecule has 0 bridgehead atoms. The minimum absolute atomic E-state index is 0.466. The normalized spacial score (nSPS) is 11.2. The van der Waals surface area contributed by atoms with E-state index in [1.165, 1.54) is 0 Å². The Morgan fingerprint density at radius 3 is 2.74 bits per heavy atom. The van der Waals surface area contributed by atoms with Crippen molar-refractivity contribution >= 4 is 22.1 Å². The first-order valence-electron chi connectivity index (χ1n) is 7.67. The molecule has 4 aromatic rings. The lowest BCUT2D eigenvalue weighted by molar-refractivity contribution is 0.453. The molecule has 114 valence electrons. The van der Waals surface area contributed by atoms with Crippen molar-refractivity contribution in [3.8, 4) is 11.6 Å². The smallest absolute Gasteiger partial charge is 0.267 e. The van der Waals surface area contributed by atoms with Gasteiger partial charge in [-0.3, -0.25) is 0 Å². The van der Waals surface area contributed by atoms with Gasteiger partial charge in [0.15, 0.2) is 0 Å². The van der Waals surface area contributed by atoms with Gasteiger partial charge in [-0.2, -0.15) is 4.98 Å². The topological polar surface area (TPSA) is 48.2 Å². The summed E-state index contributed by atoms with van der Waals surface area (Å²) in [7, 11) is 0. The Bertz CT molecular complexity index is 1000. The van der Waals surface area contributed by atoms with Crippen LogP contribution in [-0.4, -0.2) is 9.97 Å². The summed E-state index contributed by atoms with van der Waals surface area (Å²) in [5.74, 6) is 1.95. The fourth-order valence-electron chi connectivity index (χ4n) is 2.63. The Morgan fingerprint density at radius 2 is 1.91 bits per heavy atom. The van der Waals surface area contributed by atoms with Crippen LogP contribution in [0.3, 0.4) is 0 Å². The van der Waals surface area contributed by atoms with Crippen LogP contribution in [-0.2, 0) is 6.42 Å². The maximum absolute atomic E-state index is 6.00. The average molecular weight is 304 g/mol. The van der Waals surface area contributed by atoms with Crippen molar-refractivity contribution in [3.63, 3.8) is 0 Å². The van der Waals surface area contributed by atoms with Gasteiger partial charge in [-0.25, -0.2) is 4.98 Å². The molecule has 0 unspecified atom stereocenters. The maximum atomic E-state index is 6.00. The Kier molecular flexibility index (Phi) is 3.23. The maximum Gasteiger partial charge on any atom is 0.267 e. The monoisotopic (exact) mass is 304 g/mol. The van der Waals surface area contributed by atoms with E-state index in [0.29, 0.717) is 11.5 Å². The van der Waals surface area contributed by atoms with E-state index in [4.69, 9.17) is 9.15 Å². The third-order valence-corrected chi connectivity index (χ3v) is 3.76. The molecule has 23 heavy (non-hydrogen) atoms. The molecule has 0 aliphatic rings. The van der Waals surface area contributed by atoms with Gasteiger partial charge in [0, 0.05) is 11.8 Å². The molecular formula is C19H16N2O2. The van der Waals surface area contributed by atoms with E-state index in [-0.39, 0.29) is 0 Å². The van der Waals surface area contributed by atoms with Crippen LogP contribution in [0.2, 0.25) is 0 Å². The van der Waals surface area contributed by atoms with Gasteiger partial charge in [0.1, 0.15) is 22.7 Å². The van der Waals surface area contributed by atoms with E-state index in [2.05, 4.69) is 9.97 Å². The van der Waals surface area contributed by atoms with E-state index >= 15 is 0 Å². The van der Waals surface area contributed by atoms with Gasteiger partial charge in [0.05, 0.1) is 0 Å². The number of rotatable bonds is 3. The number of para-hydroxylation sites is 1. The first kappa shape index (κ1) is 13.8. The highest BCUT2D eigenvalue weighted by Gasteiger charge is 2.16. The standard InChI is InChI=1S/C19H16N2O2/c1-3-16-20-17-14-9-4-5-10-15(14)23-18(17)19(21-16)22-13-8-6-7-12(2)11-13/h4-11H,3H2,1-2H3. The van der Waals surface area contributed by atoms with Crippen LogP contribution in [0.25, 0.3) is 22.1 Å². The molecule has 0 fully saturated rings. The molecule has 0 saturated heterocycles. The van der Waals surface area contributed by atoms with Gasteiger partial charge < -0.3 is 9.15 Å². The van der Waals surface area contributed by atoms with Crippen molar-refractivity contribution in [1.82, 2.24) is 9.97 Å². The number of benzene rings is 2. The van der Waals surface area contributed by atoms with Gasteiger partial charge in [-0.1, -0.05) is 31.2 Å². The van der Waals surface area contributed by atoms with E-state index in [1.807, 2.05) is 62.4 Å². The number of ether oxygens (including phenoxy) is 1. The molecule has 0 aliphatic carbocycles. The fraction of sp³-hybridized carbons (Fsp3) is 0.158. The molecule has 2 aromatic heterocycles. The average Bonchev–Trinajstić information content (AvgIpc) is 2.94. The summed E-state index contributed by atoms with van der Waals surface area (Å²) in [6, 6.07) is 15.7. The number of hydrogen-bond acceptors (Lipinski definition) is 4. The lowest BCUT2D eigenvalue weighted by Gasteiger charge is -2.07. The number of furan rings is 1. The van der Waals surface area contributed by atoms with Gasteiger partial charge >= 0.3 is 0 Å². The summed E-state index contributed by atoms with van der Waals surface area (Å²) in [4.78, 5) is 9.13. The van der Waals surface area contributed by atoms with Crippen LogP contribution in [0.4, 0.5) is 0 Å². The molecule has 4 heteroatoms. The molecule has 2 aromatic carbocycles. The molecule has 2 heterocycles. The van der Waals surface area contributed by atoms with Crippen LogP contribution in [0.5, 0.6) is 11.6 Å². The number of aryl methyl sites for hydroxylation is 2. The zero-order valence-corrected chi connectivity index (χ0v) is 13.0. The van der Waals surface area contributed by atoms with Gasteiger partial charge in [-0.05, 0) is 36.8 Å². The molecule has 0 radical (unpaired) electrons. The van der Waals surface area contributed by atoms with Crippen LogP contribution in [0, 0.1) is 6.92 Å². The molecular weight excluding hydrogens is 288 g/mol. The summed E-state index contributed by atoms with van der Waals surface area (Å²) < 4.78 is 11.9. The number of fused-ring (bicyclic) bond motifs is 3. The highest BCUT2D eigenvalue weighted by atomic mass is 16.5. The molecule has 0 spiro atoms. The molecule has 4 rings (SSSR count). The largest absolute Gasteiger partial charge is 0.449 e. The van der Waals surface area contributed by atoms with Crippen LogP contribution >= 0.6 is 0 Å². The quantitative estimate of drug-likeness (QED) is 0.532. The van der Waals surface area contributed by atoms with E-state index in [9.17, 15) is 0 Å². The van der Waals surface area contributed by atoms with Crippen LogP contribution in [0.1, 0.15) is 18.3 Å². The molecule has 0 N–H and O–H groups in total. The number of aromatic nitrogens is 2. The number of hydrogen-bond donors (Lipinski definition) is 0. The van der Waals surface area contributed by atoms with E-state index < -0.39 is 0 Å². The summed E-state index contributed by atoms with van der Waals surface area (Å²) in [6.45, 7) is 4.06. The first-order valence-corrected chi connectivity index (χ1v) is 7.67. The summed E-state index contributed by atoms with van der Waals surface area (Å²) in [5, 5.41) is 0.980. The fourth-order valence-corrected chi connectivity index (χ4v) is 2.63. The Morgan fingerprint density at radius 1 is 1.04 bits per heavy atom. The Balaban J connectivity index is 1.93. The van der Waals surface area contributed by atoms with Gasteiger partial charge in [-0.15, -0.1) is 0 Å². The van der Waals surface area contributed by atoms with E-state index in [1.54, 1.807) is 0 Å². The minimum Gasteiger partial charge on any atom is -0.449 e. The van der Waals surface area contributed by atoms with Crippen molar-refractivity contribution in [2.24, 2.45) is 0 Å². The minimum atomic E-state index is 0.466. The Labute approximate surface area is 133 Å². The van der Waals surface area contributed by atoms with Crippen molar-refractivity contribution in [3.05, 3.63) is 59.9 Å². The molecule has 4 nitrogen and oxygen atoms in total. The molecule has 0 saturated carbocycles. The van der Waals surface area contributed by atoms with Gasteiger partial charge in [0.25, 0.3) is 5.88 Å². The van der Waals surface area contributed by atoms with Gasteiger partial charge in [0.2, 0.25) is 5.58 Å². The second-order valence-corrected chi connectivity index (χ2v) is 5.49. The molecule has 0 atom stereocenters. The van der Waals surface area contributed by atoms with Crippen LogP contribution < -0.4 is 4.74 Å². The Hall–Kier alpha value is -2.88. The van der Waals surface area contributed by atoms with E-state index in [0.717, 1.165) is 40.0 Å². The van der Waals surface area contributed by atoms with Crippen molar-refractivity contribution < 1.29 is 9.15 Å². The molecule has 0 aliphatic heterocycles. The summed E-state index contributed by atoms with van der Waals surface area (Å²) in [6.07, 6.45) is 0.736. The summed E-state index contributed by atoms with van der Waals surface area (Å²) in [5.41, 5.74) is 3.31. The third kappa shape index (κ3) is 2.42. The highest BCUT2D eigenvalue weighted by molar-refractivity contribution is 6.03. The summed E-state index contributed by atoms with van der Waals surface area (Å²) >= 11 is 0. The second-order valence-electron chi connectivity index (χ2n) is 5.49. The predicted molar refractivity (Wildman–Crippen MR) is 89.9 cm³/mol. The lowest BCUT2D eigenvalue weighted by Crippen LogP contribution is -1.97. The predicted octanol–water partition coefficient (Wildman–Crippen LogP) is 5.04. The van der Waals surface area contributed by atoms with Crippen LogP contribution in [0.15, 0.2) is 52.9 Å². The third-order valence-electron chi connectivity index (χ3n) is 3.76. The lowest BCUT2D eigenvalue weighted by atomic mass is 10.2. The van der Waals surface area contributed by atoms with Crippen molar-refractivity contribution in [2.45, 2.75) is 20.3 Å². The number of nitrogens with zero attached hydrogens (tertiary/aromatic N) is 2. The zero-order chi connectivity index (χ0) is 15.8.